The Morgan fingerprint density at radius 2 is 1.88 bits per heavy atom. The first-order valence-electron chi connectivity index (χ1n) is 5.48. The number of rotatable bonds is 3. The fourth-order valence-corrected chi connectivity index (χ4v) is 1.59. The third-order valence-corrected chi connectivity index (χ3v) is 2.25. The number of aryl methyl sites for hydroxylation is 3. The average molecular weight is 229 g/mol. The van der Waals surface area contributed by atoms with Crippen molar-refractivity contribution in [2.24, 2.45) is 0 Å². The van der Waals surface area contributed by atoms with Gasteiger partial charge in [0.15, 0.2) is 0 Å². The highest BCUT2D eigenvalue weighted by Crippen LogP contribution is 2.07. The first-order valence-corrected chi connectivity index (χ1v) is 5.48. The molecule has 0 amide bonds. The van der Waals surface area contributed by atoms with Crippen molar-refractivity contribution in [3.63, 3.8) is 0 Å². The molecule has 0 radical (unpaired) electrons. The summed E-state index contributed by atoms with van der Waals surface area (Å²) in [5.74, 6) is 2.37. The molecule has 2 rings (SSSR count). The minimum absolute atomic E-state index is 0.638. The molecule has 17 heavy (non-hydrogen) atoms. The molecule has 5 heteroatoms. The Morgan fingerprint density at radius 1 is 1.06 bits per heavy atom. The molecule has 0 spiro atoms. The first-order chi connectivity index (χ1) is 8.13. The largest absolute Gasteiger partial charge is 0.364 e. The van der Waals surface area contributed by atoms with Crippen LogP contribution >= 0.6 is 0 Å². The van der Waals surface area contributed by atoms with Crippen LogP contribution in [-0.2, 0) is 6.54 Å². The first kappa shape index (κ1) is 11.4. The molecule has 0 saturated carbocycles. The van der Waals surface area contributed by atoms with Gasteiger partial charge >= 0.3 is 0 Å². The number of nitrogens with zero attached hydrogens (tertiary/aromatic N) is 4. The van der Waals surface area contributed by atoms with Crippen LogP contribution in [0.1, 0.15) is 23.0 Å². The zero-order valence-electron chi connectivity index (χ0n) is 10.2. The maximum absolute atomic E-state index is 4.32. The van der Waals surface area contributed by atoms with Gasteiger partial charge in [0, 0.05) is 18.0 Å². The third-order valence-electron chi connectivity index (χ3n) is 2.25. The second-order valence-electron chi connectivity index (χ2n) is 3.89. The molecule has 0 unspecified atom stereocenters. The van der Waals surface area contributed by atoms with Gasteiger partial charge in [-0.15, -0.1) is 0 Å². The highest BCUT2D eigenvalue weighted by atomic mass is 15.0. The SMILES string of the molecule is Cc1cc(NCc2ccnc(C)n2)nc(C)n1. The summed E-state index contributed by atoms with van der Waals surface area (Å²) in [4.78, 5) is 16.9. The minimum Gasteiger partial charge on any atom is -0.364 e. The summed E-state index contributed by atoms with van der Waals surface area (Å²) in [7, 11) is 0. The van der Waals surface area contributed by atoms with E-state index >= 15 is 0 Å². The van der Waals surface area contributed by atoms with Gasteiger partial charge in [0.1, 0.15) is 17.5 Å². The molecule has 0 aliphatic rings. The average Bonchev–Trinajstić information content (AvgIpc) is 2.25. The van der Waals surface area contributed by atoms with Crippen molar-refractivity contribution in [1.82, 2.24) is 19.9 Å². The number of nitrogens with one attached hydrogen (secondary N) is 1. The lowest BCUT2D eigenvalue weighted by molar-refractivity contribution is 0.937. The predicted molar refractivity (Wildman–Crippen MR) is 65.6 cm³/mol. The molecule has 0 bridgehead atoms. The molecule has 0 aromatic carbocycles. The van der Waals surface area contributed by atoms with Crippen LogP contribution in [0.15, 0.2) is 18.3 Å². The number of hydrogen-bond donors (Lipinski definition) is 1. The van der Waals surface area contributed by atoms with Crippen LogP contribution in [0.5, 0.6) is 0 Å². The Hall–Kier alpha value is -2.04. The Bertz CT molecular complexity index is 504. The van der Waals surface area contributed by atoms with Crippen LogP contribution in [0.4, 0.5) is 5.82 Å². The van der Waals surface area contributed by atoms with Crippen LogP contribution in [0.3, 0.4) is 0 Å². The highest BCUT2D eigenvalue weighted by molar-refractivity contribution is 5.36. The number of aromatic nitrogens is 4. The van der Waals surface area contributed by atoms with Gasteiger partial charge in [-0.3, -0.25) is 0 Å². The van der Waals surface area contributed by atoms with E-state index in [9.17, 15) is 0 Å². The van der Waals surface area contributed by atoms with Gasteiger partial charge in [-0.2, -0.15) is 0 Å². The molecule has 0 saturated heterocycles. The zero-order chi connectivity index (χ0) is 12.3. The van der Waals surface area contributed by atoms with Crippen molar-refractivity contribution < 1.29 is 0 Å². The van der Waals surface area contributed by atoms with E-state index in [-0.39, 0.29) is 0 Å². The van der Waals surface area contributed by atoms with Crippen LogP contribution < -0.4 is 5.32 Å². The highest BCUT2D eigenvalue weighted by Gasteiger charge is 2.00. The maximum atomic E-state index is 4.32. The molecular formula is C12H15N5. The van der Waals surface area contributed by atoms with Crippen molar-refractivity contribution in [3.8, 4) is 0 Å². The van der Waals surface area contributed by atoms with Gasteiger partial charge in [-0.25, -0.2) is 19.9 Å². The summed E-state index contributed by atoms with van der Waals surface area (Å²) >= 11 is 0. The second kappa shape index (κ2) is 4.86. The monoisotopic (exact) mass is 229 g/mol. The number of hydrogen-bond acceptors (Lipinski definition) is 5. The van der Waals surface area contributed by atoms with Crippen molar-refractivity contribution in [3.05, 3.63) is 41.4 Å². The summed E-state index contributed by atoms with van der Waals surface area (Å²) in [5, 5.41) is 3.23. The smallest absolute Gasteiger partial charge is 0.130 e. The topological polar surface area (TPSA) is 63.6 Å². The summed E-state index contributed by atoms with van der Waals surface area (Å²) in [6, 6.07) is 3.81. The quantitative estimate of drug-likeness (QED) is 0.869. The van der Waals surface area contributed by atoms with Gasteiger partial charge in [0.2, 0.25) is 0 Å². The van der Waals surface area contributed by atoms with E-state index in [2.05, 4.69) is 25.3 Å². The molecule has 2 aromatic rings. The second-order valence-corrected chi connectivity index (χ2v) is 3.89. The van der Waals surface area contributed by atoms with E-state index in [1.54, 1.807) is 6.20 Å². The van der Waals surface area contributed by atoms with Gasteiger partial charge < -0.3 is 5.32 Å². The predicted octanol–water partition coefficient (Wildman–Crippen LogP) is 1.80. The minimum atomic E-state index is 0.638. The van der Waals surface area contributed by atoms with Crippen molar-refractivity contribution >= 4 is 5.82 Å². The standard InChI is InChI=1S/C12H15N5/c1-8-6-12(17-10(3)15-8)14-7-11-4-5-13-9(2)16-11/h4-6H,7H2,1-3H3,(H,14,15,17). The lowest BCUT2D eigenvalue weighted by Gasteiger charge is -2.06. The van der Waals surface area contributed by atoms with E-state index < -0.39 is 0 Å². The van der Waals surface area contributed by atoms with Crippen molar-refractivity contribution in [2.75, 3.05) is 5.32 Å². The molecule has 1 N–H and O–H groups in total. The Kier molecular flexibility index (Phi) is 3.27. The van der Waals surface area contributed by atoms with Gasteiger partial charge in [-0.05, 0) is 26.8 Å². The molecule has 2 heterocycles. The molecule has 5 nitrogen and oxygen atoms in total. The lowest BCUT2D eigenvalue weighted by atomic mass is 10.3. The van der Waals surface area contributed by atoms with E-state index in [0.717, 1.165) is 28.9 Å². The summed E-state index contributed by atoms with van der Waals surface area (Å²) in [6.45, 7) is 6.35. The van der Waals surface area contributed by atoms with Gasteiger partial charge in [0.25, 0.3) is 0 Å². The van der Waals surface area contributed by atoms with Crippen molar-refractivity contribution in [1.29, 1.82) is 0 Å². The fourth-order valence-electron chi connectivity index (χ4n) is 1.59. The number of anilines is 1. The molecular weight excluding hydrogens is 214 g/mol. The van der Waals surface area contributed by atoms with Crippen LogP contribution in [0, 0.1) is 20.8 Å². The fraction of sp³-hybridized carbons (Fsp3) is 0.333. The van der Waals surface area contributed by atoms with Crippen molar-refractivity contribution in [2.45, 2.75) is 27.3 Å². The van der Waals surface area contributed by atoms with Gasteiger partial charge in [0.05, 0.1) is 12.2 Å². The maximum Gasteiger partial charge on any atom is 0.130 e. The summed E-state index contributed by atoms with van der Waals surface area (Å²) in [6.07, 6.45) is 1.76. The van der Waals surface area contributed by atoms with Crippen LogP contribution in [0.25, 0.3) is 0 Å². The Labute approximate surface area is 100 Å². The Morgan fingerprint density at radius 3 is 2.59 bits per heavy atom. The van der Waals surface area contributed by atoms with Crippen LogP contribution in [0.2, 0.25) is 0 Å². The normalized spacial score (nSPS) is 10.3. The van der Waals surface area contributed by atoms with Gasteiger partial charge in [-0.1, -0.05) is 0 Å². The lowest BCUT2D eigenvalue weighted by Crippen LogP contribution is -2.06. The third kappa shape index (κ3) is 3.21. The summed E-state index contributed by atoms with van der Waals surface area (Å²) < 4.78 is 0. The Balaban J connectivity index is 2.07. The zero-order valence-corrected chi connectivity index (χ0v) is 10.2. The summed E-state index contributed by atoms with van der Waals surface area (Å²) in [5.41, 5.74) is 1.91. The molecule has 0 atom stereocenters. The molecule has 88 valence electrons. The molecule has 2 aromatic heterocycles. The van der Waals surface area contributed by atoms with Crippen LogP contribution in [-0.4, -0.2) is 19.9 Å². The van der Waals surface area contributed by atoms with E-state index in [1.807, 2.05) is 32.9 Å². The van der Waals surface area contributed by atoms with E-state index in [4.69, 9.17) is 0 Å². The van der Waals surface area contributed by atoms with E-state index in [0.29, 0.717) is 6.54 Å². The van der Waals surface area contributed by atoms with E-state index in [1.165, 1.54) is 0 Å². The molecule has 0 fully saturated rings. The molecule has 0 aliphatic heterocycles. The molecule has 0 aliphatic carbocycles.